The molecule has 2 unspecified atom stereocenters. The molecule has 0 amide bonds. The molecule has 4 nitrogen and oxygen atoms in total. The highest BCUT2D eigenvalue weighted by Gasteiger charge is 2.42. The number of furan rings is 1. The van der Waals surface area contributed by atoms with E-state index in [1.165, 1.54) is 61.3 Å². The molecule has 10 rings (SSSR count). The van der Waals surface area contributed by atoms with Crippen LogP contribution in [0, 0.1) is 13.8 Å². The molecule has 58 heavy (non-hydrogen) atoms. The van der Waals surface area contributed by atoms with Gasteiger partial charge in [0.25, 0.3) is 0 Å². The van der Waals surface area contributed by atoms with Crippen LogP contribution in [0.5, 0.6) is 0 Å². The lowest BCUT2D eigenvalue weighted by Gasteiger charge is -2.31. The highest BCUT2D eigenvalue weighted by molar-refractivity contribution is 6.09. The summed E-state index contributed by atoms with van der Waals surface area (Å²) in [6.45, 7) is 18.4. The number of fused-ring (bicyclic) bond motifs is 13. The van der Waals surface area contributed by atoms with Crippen LogP contribution >= 0.6 is 0 Å². The Hall–Kier alpha value is -6.13. The summed E-state index contributed by atoms with van der Waals surface area (Å²) < 4.78 is 12.0. The van der Waals surface area contributed by atoms with Gasteiger partial charge in [-0.1, -0.05) is 100 Å². The molecule has 2 atom stereocenters. The first-order valence-electron chi connectivity index (χ1n) is 21.1. The lowest BCUT2D eigenvalue weighted by Crippen LogP contribution is -2.48. The van der Waals surface area contributed by atoms with Gasteiger partial charge in [0.2, 0.25) is 17.1 Å². The molecule has 8 aromatic rings. The average Bonchev–Trinajstić information content (AvgIpc) is 3.61. The largest absolute Gasteiger partial charge is 0.437 e. The second kappa shape index (κ2) is 14.1. The van der Waals surface area contributed by atoms with Crippen molar-refractivity contribution in [2.75, 3.05) is 0 Å². The van der Waals surface area contributed by atoms with Crippen molar-refractivity contribution >= 4 is 27.8 Å². The molecule has 0 fully saturated rings. The lowest BCUT2D eigenvalue weighted by molar-refractivity contribution is -0.719. The highest BCUT2D eigenvalue weighted by Crippen LogP contribution is 2.46. The van der Waals surface area contributed by atoms with Crippen molar-refractivity contribution in [2.24, 2.45) is 0 Å². The van der Waals surface area contributed by atoms with Gasteiger partial charge in [-0.3, -0.25) is 0 Å². The number of aryl methyl sites for hydroxylation is 3. The van der Waals surface area contributed by atoms with Gasteiger partial charge >= 0.3 is 0 Å². The van der Waals surface area contributed by atoms with E-state index in [0.29, 0.717) is 17.5 Å². The molecule has 0 saturated carbocycles. The zero-order valence-corrected chi connectivity index (χ0v) is 34.5. The summed E-state index contributed by atoms with van der Waals surface area (Å²) in [6, 6.07) is 42.8. The van der Waals surface area contributed by atoms with Crippen molar-refractivity contribution in [3.63, 3.8) is 0 Å². The molecule has 6 heterocycles. The molecule has 4 aromatic heterocycles. The van der Waals surface area contributed by atoms with Crippen LogP contribution in [-0.2, 0) is 6.42 Å². The Morgan fingerprint density at radius 3 is 2.21 bits per heavy atom. The minimum Gasteiger partial charge on any atom is -0.437 e. The molecule has 4 aromatic carbocycles. The molecule has 0 aliphatic carbocycles. The summed E-state index contributed by atoms with van der Waals surface area (Å²) in [5.74, 6) is 0.915. The van der Waals surface area contributed by atoms with Crippen LogP contribution in [0.2, 0.25) is 0 Å². The minimum absolute atomic E-state index is 0.276. The van der Waals surface area contributed by atoms with Gasteiger partial charge in [-0.05, 0) is 102 Å². The fourth-order valence-electron chi connectivity index (χ4n) is 9.96. The SMILES string of the molecule is C=C1CC2c3ccccc3-c3cccc[n+]3C2CCc2ccc3c(oc4nc(-c5c(C(C)C)cc(-c6ccccc6)cc5C(C)C)ccc43)c2-c2cc(C)c(C)c[n+]21. The summed E-state index contributed by atoms with van der Waals surface area (Å²) in [5, 5.41) is 2.14. The Morgan fingerprint density at radius 2 is 1.43 bits per heavy atom. The zero-order chi connectivity index (χ0) is 39.8. The number of aromatic nitrogens is 3. The molecular formula is C54H51N3O+2. The van der Waals surface area contributed by atoms with Crippen molar-refractivity contribution in [3.05, 3.63) is 168 Å². The van der Waals surface area contributed by atoms with Crippen molar-refractivity contribution in [1.29, 1.82) is 0 Å². The lowest BCUT2D eigenvalue weighted by atomic mass is 9.77. The number of allylic oxidation sites excluding steroid dienone is 1. The molecular weight excluding hydrogens is 707 g/mol. The van der Waals surface area contributed by atoms with Crippen molar-refractivity contribution in [3.8, 4) is 44.9 Å². The fraction of sp³-hybridized carbons (Fsp3) is 0.241. The number of rotatable bonds is 4. The molecule has 2 aliphatic rings. The molecule has 0 N–H and O–H groups in total. The Kier molecular flexibility index (Phi) is 8.78. The standard InChI is InChI=1S/C54H51N3O/c1-32(2)44-29-39(37-15-9-8-10-16-37)30-45(33(3)4)52(44)47-24-23-43-42-22-20-38-21-25-49-46(40-17-11-12-18-41(40)48-19-13-14-26-56(48)49)28-36(7)57-31-35(6)34(5)27-50(57)51(38)53(42)58-54(43)55-47/h8-20,22-24,26-27,29-33,46,49H,7,21,25,28H2,1-6H3/q+2. The third-order valence-electron chi connectivity index (χ3n) is 13.1. The monoisotopic (exact) mass is 757 g/mol. The molecule has 2 aliphatic heterocycles. The van der Waals surface area contributed by atoms with Gasteiger partial charge in [-0.25, -0.2) is 4.98 Å². The van der Waals surface area contributed by atoms with Crippen LogP contribution in [-0.4, -0.2) is 4.98 Å². The van der Waals surface area contributed by atoms with E-state index < -0.39 is 0 Å². The van der Waals surface area contributed by atoms with Gasteiger partial charge in [0.15, 0.2) is 29.7 Å². The smallest absolute Gasteiger partial charge is 0.227 e. The summed E-state index contributed by atoms with van der Waals surface area (Å²) >= 11 is 0. The van der Waals surface area contributed by atoms with Gasteiger partial charge in [0.1, 0.15) is 0 Å². The van der Waals surface area contributed by atoms with Crippen molar-refractivity contribution in [1.82, 2.24) is 4.98 Å². The van der Waals surface area contributed by atoms with Crippen molar-refractivity contribution < 1.29 is 13.6 Å². The average molecular weight is 758 g/mol. The van der Waals surface area contributed by atoms with E-state index in [9.17, 15) is 0 Å². The summed E-state index contributed by atoms with van der Waals surface area (Å²) in [5.41, 5.74) is 20.0. The maximum atomic E-state index is 7.09. The third kappa shape index (κ3) is 5.84. The Bertz CT molecular complexity index is 2900. The van der Waals surface area contributed by atoms with E-state index in [2.05, 4.69) is 178 Å². The van der Waals surface area contributed by atoms with E-state index in [1.54, 1.807) is 0 Å². The van der Waals surface area contributed by atoms with E-state index in [0.717, 1.165) is 58.3 Å². The Labute approximate surface area is 342 Å². The topological polar surface area (TPSA) is 33.8 Å². The van der Waals surface area contributed by atoms with Crippen molar-refractivity contribution in [2.45, 2.75) is 84.6 Å². The maximum Gasteiger partial charge on any atom is 0.227 e. The molecule has 0 bridgehead atoms. The van der Waals surface area contributed by atoms with Crippen LogP contribution in [0.25, 0.3) is 72.7 Å². The van der Waals surface area contributed by atoms with Crippen LogP contribution in [0.3, 0.4) is 0 Å². The minimum atomic E-state index is 0.276. The summed E-state index contributed by atoms with van der Waals surface area (Å²) in [6.07, 6.45) is 7.33. The van der Waals surface area contributed by atoms with E-state index in [4.69, 9.17) is 16.0 Å². The molecule has 0 radical (unpaired) electrons. The van der Waals surface area contributed by atoms with E-state index >= 15 is 0 Å². The zero-order valence-electron chi connectivity index (χ0n) is 34.5. The van der Waals surface area contributed by atoms with Gasteiger partial charge < -0.3 is 4.42 Å². The van der Waals surface area contributed by atoms with Crippen LogP contribution in [0.1, 0.15) is 97.7 Å². The first-order chi connectivity index (χ1) is 28.2. The predicted molar refractivity (Wildman–Crippen MR) is 238 cm³/mol. The van der Waals surface area contributed by atoms with Gasteiger partial charge in [0.05, 0.1) is 17.2 Å². The molecule has 286 valence electrons. The highest BCUT2D eigenvalue weighted by atomic mass is 16.3. The van der Waals surface area contributed by atoms with Crippen LogP contribution < -0.4 is 9.13 Å². The summed E-state index contributed by atoms with van der Waals surface area (Å²) in [4.78, 5) is 5.40. The van der Waals surface area contributed by atoms with E-state index in [1.807, 2.05) is 0 Å². The third-order valence-corrected chi connectivity index (χ3v) is 13.1. The maximum absolute atomic E-state index is 7.09. The summed E-state index contributed by atoms with van der Waals surface area (Å²) in [7, 11) is 0. The number of benzene rings is 4. The van der Waals surface area contributed by atoms with Crippen LogP contribution in [0.4, 0.5) is 0 Å². The number of hydrogen-bond donors (Lipinski definition) is 0. The fourth-order valence-corrected chi connectivity index (χ4v) is 9.96. The van der Waals surface area contributed by atoms with Crippen LogP contribution in [0.15, 0.2) is 139 Å². The predicted octanol–water partition coefficient (Wildman–Crippen LogP) is 13.2. The molecule has 0 saturated heterocycles. The number of nitrogens with zero attached hydrogens (tertiary/aromatic N) is 3. The Balaban J connectivity index is 1.17. The molecule has 4 heteroatoms. The quantitative estimate of drug-likeness (QED) is 0.168. The van der Waals surface area contributed by atoms with Gasteiger partial charge in [-0.2, -0.15) is 9.13 Å². The van der Waals surface area contributed by atoms with Gasteiger partial charge in [0, 0.05) is 58.5 Å². The normalized spacial score (nSPS) is 16.2. The van der Waals surface area contributed by atoms with Gasteiger partial charge in [-0.15, -0.1) is 0 Å². The number of pyridine rings is 3. The second-order valence-electron chi connectivity index (χ2n) is 17.3. The molecule has 0 spiro atoms. The second-order valence-corrected chi connectivity index (χ2v) is 17.3. The number of hydrogen-bond acceptors (Lipinski definition) is 2. The first kappa shape index (κ1) is 36.2. The Morgan fingerprint density at radius 1 is 0.707 bits per heavy atom. The first-order valence-corrected chi connectivity index (χ1v) is 21.1. The van der Waals surface area contributed by atoms with E-state index in [-0.39, 0.29) is 12.0 Å².